The Kier molecular flexibility index (Phi) is 6.61. The summed E-state index contributed by atoms with van der Waals surface area (Å²) in [4.78, 5) is 6.67. The molecule has 0 fully saturated rings. The maximum absolute atomic E-state index is 4.60. The molecule has 1 aliphatic rings. The summed E-state index contributed by atoms with van der Waals surface area (Å²) in [7, 11) is 2.03. The summed E-state index contributed by atoms with van der Waals surface area (Å²) >= 11 is 0. The number of nitrogens with zero attached hydrogens (tertiary/aromatic N) is 2. The van der Waals surface area contributed by atoms with Crippen LogP contribution in [0.5, 0.6) is 0 Å². The van der Waals surface area contributed by atoms with Crippen LogP contribution in [0.4, 0.5) is 0 Å². The van der Waals surface area contributed by atoms with Crippen LogP contribution < -0.4 is 0 Å². The van der Waals surface area contributed by atoms with E-state index in [0.717, 1.165) is 29.9 Å². The fourth-order valence-corrected chi connectivity index (χ4v) is 2.32. The minimum Gasteiger partial charge on any atom is -0.351 e. The van der Waals surface area contributed by atoms with Crippen molar-refractivity contribution in [3.05, 3.63) is 59.6 Å². The van der Waals surface area contributed by atoms with Gasteiger partial charge >= 0.3 is 0 Å². The Morgan fingerprint density at radius 1 is 1.36 bits per heavy atom. The van der Waals surface area contributed by atoms with E-state index in [4.69, 9.17) is 0 Å². The highest BCUT2D eigenvalue weighted by molar-refractivity contribution is 5.94. The van der Waals surface area contributed by atoms with Crippen molar-refractivity contribution in [2.24, 2.45) is 10.9 Å². The van der Waals surface area contributed by atoms with Gasteiger partial charge in [0.2, 0.25) is 0 Å². The molecule has 0 aliphatic carbocycles. The number of likely N-dealkylation sites (N-methyl/N-ethyl adjacent to an activating group) is 1. The van der Waals surface area contributed by atoms with E-state index in [2.05, 4.69) is 69.1 Å². The first-order valence-corrected chi connectivity index (χ1v) is 7.94. The quantitative estimate of drug-likeness (QED) is 0.580. The highest BCUT2D eigenvalue weighted by atomic mass is 15.1. The number of aliphatic imine (C=N–C) groups is 1. The minimum absolute atomic E-state index is 0.689. The van der Waals surface area contributed by atoms with Crippen LogP contribution in [-0.2, 0) is 0 Å². The van der Waals surface area contributed by atoms with Crippen LogP contribution in [0.25, 0.3) is 0 Å². The second-order valence-electron chi connectivity index (χ2n) is 6.55. The van der Waals surface area contributed by atoms with Crippen LogP contribution in [0.3, 0.4) is 0 Å². The first kappa shape index (κ1) is 18.2. The van der Waals surface area contributed by atoms with Crippen molar-refractivity contribution < 1.29 is 0 Å². The van der Waals surface area contributed by atoms with Gasteiger partial charge in [0, 0.05) is 30.4 Å². The lowest BCUT2D eigenvalue weighted by Gasteiger charge is -2.24. The lowest BCUT2D eigenvalue weighted by Crippen LogP contribution is -2.15. The van der Waals surface area contributed by atoms with Gasteiger partial charge < -0.3 is 4.90 Å². The standard InChI is InChI=1S/C20H30N2/c1-14(2)9-10-17(5)21-18(6)11-16(4)20-12-15(3)19(7)22(8)13-20/h11-14H,5,7,9-10H2,1-4,6,8H3/b16-11+,21-18?. The molecule has 2 heteroatoms. The van der Waals surface area contributed by atoms with Crippen molar-refractivity contribution in [1.82, 2.24) is 4.90 Å². The van der Waals surface area contributed by atoms with Crippen molar-refractivity contribution >= 4 is 5.71 Å². The van der Waals surface area contributed by atoms with Gasteiger partial charge in [0.05, 0.1) is 0 Å². The molecule has 0 atom stereocenters. The zero-order valence-electron chi connectivity index (χ0n) is 15.0. The summed E-state index contributed by atoms with van der Waals surface area (Å²) < 4.78 is 0. The average molecular weight is 298 g/mol. The predicted molar refractivity (Wildman–Crippen MR) is 98.8 cm³/mol. The Morgan fingerprint density at radius 2 is 2.00 bits per heavy atom. The van der Waals surface area contributed by atoms with Gasteiger partial charge in [-0.1, -0.05) is 27.0 Å². The molecule has 0 aromatic carbocycles. The second-order valence-corrected chi connectivity index (χ2v) is 6.55. The monoisotopic (exact) mass is 298 g/mol. The second kappa shape index (κ2) is 7.98. The minimum atomic E-state index is 0.689. The lowest BCUT2D eigenvalue weighted by atomic mass is 10.00. The summed E-state index contributed by atoms with van der Waals surface area (Å²) in [5.41, 5.74) is 6.62. The zero-order chi connectivity index (χ0) is 16.9. The number of hydrogen-bond acceptors (Lipinski definition) is 2. The summed E-state index contributed by atoms with van der Waals surface area (Å²) in [6.45, 7) is 18.8. The first-order chi connectivity index (χ1) is 10.2. The van der Waals surface area contributed by atoms with E-state index in [0.29, 0.717) is 5.92 Å². The molecule has 1 heterocycles. The molecule has 1 aliphatic heterocycles. The summed E-state index contributed by atoms with van der Waals surface area (Å²) in [5.74, 6) is 0.689. The van der Waals surface area contributed by atoms with E-state index in [1.807, 2.05) is 14.0 Å². The molecular formula is C20H30N2. The van der Waals surface area contributed by atoms with Gasteiger partial charge in [-0.25, -0.2) is 0 Å². The molecule has 2 nitrogen and oxygen atoms in total. The van der Waals surface area contributed by atoms with Gasteiger partial charge in [0.15, 0.2) is 0 Å². The van der Waals surface area contributed by atoms with Crippen LogP contribution in [0.1, 0.15) is 47.5 Å². The molecule has 1 rings (SSSR count). The fraction of sp³-hybridized carbons (Fsp3) is 0.450. The number of allylic oxidation sites excluding steroid dienone is 6. The van der Waals surface area contributed by atoms with Gasteiger partial charge in [-0.2, -0.15) is 0 Å². The molecular weight excluding hydrogens is 268 g/mol. The van der Waals surface area contributed by atoms with Crippen LogP contribution in [0.15, 0.2) is 64.6 Å². The Bertz CT molecular complexity index is 569. The van der Waals surface area contributed by atoms with Crippen molar-refractivity contribution in [1.29, 1.82) is 0 Å². The summed E-state index contributed by atoms with van der Waals surface area (Å²) in [6.07, 6.45) is 8.51. The molecule has 0 saturated carbocycles. The van der Waals surface area contributed by atoms with E-state index in [9.17, 15) is 0 Å². The maximum Gasteiger partial charge on any atom is 0.0378 e. The third-order valence-corrected chi connectivity index (χ3v) is 3.81. The molecule has 0 bridgehead atoms. The Morgan fingerprint density at radius 3 is 2.55 bits per heavy atom. The van der Waals surface area contributed by atoms with E-state index in [1.54, 1.807) is 0 Å². The Balaban J connectivity index is 2.82. The largest absolute Gasteiger partial charge is 0.351 e. The van der Waals surface area contributed by atoms with Crippen molar-refractivity contribution in [2.45, 2.75) is 47.5 Å². The van der Waals surface area contributed by atoms with Gasteiger partial charge in [-0.05, 0) is 68.4 Å². The molecule has 0 spiro atoms. The third kappa shape index (κ3) is 5.51. The van der Waals surface area contributed by atoms with Crippen LogP contribution in [-0.4, -0.2) is 17.7 Å². The average Bonchev–Trinajstić information content (AvgIpc) is 2.41. The molecule has 22 heavy (non-hydrogen) atoms. The number of hydrogen-bond donors (Lipinski definition) is 0. The van der Waals surface area contributed by atoms with E-state index >= 15 is 0 Å². The Hall–Kier alpha value is -1.83. The molecule has 0 unspecified atom stereocenters. The molecule has 0 amide bonds. The predicted octanol–water partition coefficient (Wildman–Crippen LogP) is 5.63. The zero-order valence-corrected chi connectivity index (χ0v) is 15.0. The van der Waals surface area contributed by atoms with Crippen LogP contribution in [0, 0.1) is 5.92 Å². The van der Waals surface area contributed by atoms with Gasteiger partial charge in [0.25, 0.3) is 0 Å². The normalized spacial score (nSPS) is 16.9. The van der Waals surface area contributed by atoms with Crippen LogP contribution >= 0.6 is 0 Å². The highest BCUT2D eigenvalue weighted by Crippen LogP contribution is 2.25. The molecule has 0 aromatic heterocycles. The first-order valence-electron chi connectivity index (χ1n) is 7.94. The third-order valence-electron chi connectivity index (χ3n) is 3.81. The number of rotatable bonds is 6. The highest BCUT2D eigenvalue weighted by Gasteiger charge is 2.11. The molecule has 0 N–H and O–H groups in total. The van der Waals surface area contributed by atoms with Crippen molar-refractivity contribution in [2.75, 3.05) is 7.05 Å². The van der Waals surface area contributed by atoms with E-state index in [-0.39, 0.29) is 0 Å². The van der Waals surface area contributed by atoms with Crippen molar-refractivity contribution in [3.63, 3.8) is 0 Å². The summed E-state index contributed by atoms with van der Waals surface area (Å²) in [5, 5.41) is 0. The van der Waals surface area contributed by atoms with E-state index in [1.165, 1.54) is 16.7 Å². The molecule has 120 valence electrons. The summed E-state index contributed by atoms with van der Waals surface area (Å²) in [6, 6.07) is 0. The molecule has 0 saturated heterocycles. The maximum atomic E-state index is 4.60. The van der Waals surface area contributed by atoms with E-state index < -0.39 is 0 Å². The SMILES string of the molecule is C=C(CCC(C)C)N=C(C)/C=C(\C)C1=CN(C)C(=C)C(C)=C1. The van der Waals surface area contributed by atoms with Crippen LogP contribution in [0.2, 0.25) is 0 Å². The topological polar surface area (TPSA) is 15.6 Å². The molecule has 0 aromatic rings. The lowest BCUT2D eigenvalue weighted by molar-refractivity contribution is 0.571. The van der Waals surface area contributed by atoms with Gasteiger partial charge in [-0.15, -0.1) is 0 Å². The van der Waals surface area contributed by atoms with Gasteiger partial charge in [0.1, 0.15) is 0 Å². The Labute approximate surface area is 136 Å². The smallest absolute Gasteiger partial charge is 0.0378 e. The fourth-order valence-electron chi connectivity index (χ4n) is 2.32. The van der Waals surface area contributed by atoms with Gasteiger partial charge in [-0.3, -0.25) is 4.99 Å². The molecule has 0 radical (unpaired) electrons. The van der Waals surface area contributed by atoms with Crippen molar-refractivity contribution in [3.8, 4) is 0 Å².